The molecule has 0 radical (unpaired) electrons. The van der Waals surface area contributed by atoms with Crippen LogP contribution in [0, 0.1) is 5.92 Å². The Morgan fingerprint density at radius 2 is 1.78 bits per heavy atom. The maximum Gasteiger partial charge on any atom is 0.475 e. The van der Waals surface area contributed by atoms with Crippen molar-refractivity contribution in [3.05, 3.63) is 78.1 Å². The van der Waals surface area contributed by atoms with Gasteiger partial charge >= 0.3 is 7.12 Å². The molecule has 2 unspecified atom stereocenters. The summed E-state index contributed by atoms with van der Waals surface area (Å²) in [6.45, 7) is 3.94. The number of nitrogens with one attached hydrogen (secondary N) is 2. The Balaban J connectivity index is 1.46. The van der Waals surface area contributed by atoms with Gasteiger partial charge < -0.3 is 25.5 Å². The van der Waals surface area contributed by atoms with Crippen molar-refractivity contribution in [3.63, 3.8) is 0 Å². The van der Waals surface area contributed by atoms with E-state index in [-0.39, 0.29) is 36.9 Å². The SMILES string of the molecule is CC(C)CC(NC(=O)C1(Cc2ccccc2)CC(CNC(=O)c2cc3ccccc3cn2)=NO1)B(O)O. The number of fused-ring (bicyclic) bond motifs is 1. The smallest absolute Gasteiger partial charge is 0.426 e. The van der Waals surface area contributed by atoms with Gasteiger partial charge in [0.1, 0.15) is 5.69 Å². The Labute approximate surface area is 216 Å². The minimum absolute atomic E-state index is 0.0786. The van der Waals surface area contributed by atoms with E-state index in [1.54, 1.807) is 12.3 Å². The second-order valence-electron chi connectivity index (χ2n) is 9.80. The van der Waals surface area contributed by atoms with E-state index in [0.717, 1.165) is 16.3 Å². The lowest BCUT2D eigenvalue weighted by molar-refractivity contribution is -0.144. The molecule has 2 atom stereocenters. The molecule has 10 heteroatoms. The number of amides is 2. The van der Waals surface area contributed by atoms with Crippen LogP contribution >= 0.6 is 0 Å². The zero-order valence-electron chi connectivity index (χ0n) is 20.9. The molecule has 0 bridgehead atoms. The zero-order valence-corrected chi connectivity index (χ0v) is 20.9. The first-order valence-corrected chi connectivity index (χ1v) is 12.3. The van der Waals surface area contributed by atoms with Gasteiger partial charge in [0.25, 0.3) is 11.8 Å². The van der Waals surface area contributed by atoms with Crippen molar-refractivity contribution >= 4 is 35.4 Å². The minimum Gasteiger partial charge on any atom is -0.426 e. The van der Waals surface area contributed by atoms with Crippen LogP contribution in [0.3, 0.4) is 0 Å². The van der Waals surface area contributed by atoms with Crippen LogP contribution in [0.2, 0.25) is 0 Å². The van der Waals surface area contributed by atoms with E-state index in [4.69, 9.17) is 4.84 Å². The maximum atomic E-state index is 13.5. The van der Waals surface area contributed by atoms with E-state index in [2.05, 4.69) is 20.8 Å². The number of aromatic nitrogens is 1. The average Bonchev–Trinajstić information content (AvgIpc) is 3.30. The number of pyridine rings is 1. The van der Waals surface area contributed by atoms with Gasteiger partial charge in [-0.3, -0.25) is 14.6 Å². The second kappa shape index (κ2) is 11.5. The number of nitrogens with zero attached hydrogens (tertiary/aromatic N) is 2. The first-order valence-electron chi connectivity index (χ1n) is 12.3. The predicted octanol–water partition coefficient (Wildman–Crippen LogP) is 2.27. The summed E-state index contributed by atoms with van der Waals surface area (Å²) in [4.78, 5) is 36.2. The lowest BCUT2D eigenvalue weighted by Crippen LogP contribution is -2.56. The molecule has 2 heterocycles. The van der Waals surface area contributed by atoms with Gasteiger partial charge in [0.15, 0.2) is 0 Å². The molecule has 0 fully saturated rings. The highest BCUT2D eigenvalue weighted by Crippen LogP contribution is 2.29. The molecule has 1 aromatic heterocycles. The Hall–Kier alpha value is -3.76. The topological polar surface area (TPSA) is 133 Å². The Morgan fingerprint density at radius 3 is 2.49 bits per heavy atom. The molecular formula is C27H31BN4O5. The molecule has 2 amide bonds. The van der Waals surface area contributed by atoms with Crippen LogP contribution in [-0.2, 0) is 16.1 Å². The molecule has 0 spiro atoms. The number of oxime groups is 1. The van der Waals surface area contributed by atoms with Gasteiger partial charge in [0.05, 0.1) is 18.2 Å². The van der Waals surface area contributed by atoms with Crippen molar-refractivity contribution < 1.29 is 24.5 Å². The van der Waals surface area contributed by atoms with Crippen LogP contribution < -0.4 is 10.6 Å². The average molecular weight is 502 g/mol. The molecule has 1 aliphatic rings. The van der Waals surface area contributed by atoms with E-state index in [1.807, 2.05) is 68.4 Å². The van der Waals surface area contributed by atoms with Crippen LogP contribution in [0.15, 0.2) is 72.0 Å². The van der Waals surface area contributed by atoms with Crippen LogP contribution in [0.4, 0.5) is 0 Å². The van der Waals surface area contributed by atoms with Crippen molar-refractivity contribution in [1.29, 1.82) is 0 Å². The molecule has 192 valence electrons. The molecule has 37 heavy (non-hydrogen) atoms. The molecular weight excluding hydrogens is 471 g/mol. The van der Waals surface area contributed by atoms with Crippen molar-refractivity contribution in [2.75, 3.05) is 6.54 Å². The van der Waals surface area contributed by atoms with Gasteiger partial charge in [-0.05, 0) is 29.4 Å². The largest absolute Gasteiger partial charge is 0.475 e. The van der Waals surface area contributed by atoms with Gasteiger partial charge in [-0.1, -0.05) is 73.6 Å². The summed E-state index contributed by atoms with van der Waals surface area (Å²) in [5.74, 6) is -1.57. The monoisotopic (exact) mass is 502 g/mol. The van der Waals surface area contributed by atoms with E-state index >= 15 is 0 Å². The molecule has 4 rings (SSSR count). The lowest BCUT2D eigenvalue weighted by atomic mass is 9.74. The third-order valence-corrected chi connectivity index (χ3v) is 6.30. The first kappa shape index (κ1) is 26.3. The third-order valence-electron chi connectivity index (χ3n) is 6.30. The molecule has 3 aromatic rings. The molecule has 4 N–H and O–H groups in total. The Kier molecular flexibility index (Phi) is 8.20. The summed E-state index contributed by atoms with van der Waals surface area (Å²) < 4.78 is 0. The second-order valence-corrected chi connectivity index (χ2v) is 9.80. The van der Waals surface area contributed by atoms with Crippen LogP contribution in [0.25, 0.3) is 10.8 Å². The fraction of sp³-hybridized carbons (Fsp3) is 0.333. The van der Waals surface area contributed by atoms with Gasteiger partial charge in [-0.15, -0.1) is 0 Å². The number of benzene rings is 2. The highest BCUT2D eigenvalue weighted by atomic mass is 16.7. The summed E-state index contributed by atoms with van der Waals surface area (Å²) in [5.41, 5.74) is 0.251. The van der Waals surface area contributed by atoms with Gasteiger partial charge in [0.2, 0.25) is 5.60 Å². The van der Waals surface area contributed by atoms with Crippen molar-refractivity contribution in [3.8, 4) is 0 Å². The van der Waals surface area contributed by atoms with Gasteiger partial charge in [-0.2, -0.15) is 0 Å². The Morgan fingerprint density at radius 1 is 1.08 bits per heavy atom. The van der Waals surface area contributed by atoms with Crippen LogP contribution in [-0.4, -0.2) is 57.8 Å². The third kappa shape index (κ3) is 6.52. The first-order chi connectivity index (χ1) is 17.8. The fourth-order valence-corrected chi connectivity index (χ4v) is 4.41. The standard InChI is InChI=1S/C27H31BN4O5/c1-18(2)12-24(28(35)36)31-26(34)27(14-19-8-4-3-5-9-19)15-22(32-37-27)17-30-25(33)23-13-20-10-6-7-11-21(20)16-29-23/h3-11,13,16,18,24,35-36H,12,14-15,17H2,1-2H3,(H,30,33)(H,31,34). The van der Waals surface area contributed by atoms with E-state index in [1.165, 1.54) is 0 Å². The maximum absolute atomic E-state index is 13.5. The number of hydrogen-bond donors (Lipinski definition) is 4. The molecule has 2 aromatic carbocycles. The van der Waals surface area contributed by atoms with E-state index in [0.29, 0.717) is 12.1 Å². The lowest BCUT2D eigenvalue weighted by Gasteiger charge is -2.29. The Bertz CT molecular complexity index is 1280. The molecule has 0 saturated carbocycles. The summed E-state index contributed by atoms with van der Waals surface area (Å²) in [7, 11) is -1.71. The van der Waals surface area contributed by atoms with E-state index in [9.17, 15) is 19.6 Å². The molecule has 9 nitrogen and oxygen atoms in total. The van der Waals surface area contributed by atoms with Crippen molar-refractivity contribution in [1.82, 2.24) is 15.6 Å². The van der Waals surface area contributed by atoms with Crippen LogP contribution in [0.5, 0.6) is 0 Å². The van der Waals surface area contributed by atoms with Gasteiger partial charge in [-0.25, -0.2) is 0 Å². The summed E-state index contributed by atoms with van der Waals surface area (Å²) in [5, 5.41) is 31.2. The quantitative estimate of drug-likeness (QED) is 0.315. The molecule has 0 saturated heterocycles. The van der Waals surface area contributed by atoms with Crippen molar-refractivity contribution in [2.45, 2.75) is 44.7 Å². The summed E-state index contributed by atoms with van der Waals surface area (Å²) in [6.07, 6.45) is 2.39. The fourth-order valence-electron chi connectivity index (χ4n) is 4.41. The number of carbonyl (C=O) groups excluding carboxylic acids is 2. The highest BCUT2D eigenvalue weighted by molar-refractivity contribution is 6.43. The summed E-state index contributed by atoms with van der Waals surface area (Å²) >= 11 is 0. The zero-order chi connectivity index (χ0) is 26.4. The van der Waals surface area contributed by atoms with Crippen molar-refractivity contribution in [2.24, 2.45) is 11.1 Å². The van der Waals surface area contributed by atoms with Gasteiger partial charge in [0, 0.05) is 24.4 Å². The van der Waals surface area contributed by atoms with E-state index < -0.39 is 24.6 Å². The summed E-state index contributed by atoms with van der Waals surface area (Å²) in [6, 6.07) is 18.7. The minimum atomic E-state index is -1.71. The normalized spacial score (nSPS) is 17.7. The molecule has 0 aliphatic carbocycles. The highest BCUT2D eigenvalue weighted by Gasteiger charge is 2.48. The number of rotatable bonds is 10. The van der Waals surface area contributed by atoms with Crippen LogP contribution in [0.1, 0.15) is 42.7 Å². The number of carbonyl (C=O) groups is 2. The molecule has 1 aliphatic heterocycles. The predicted molar refractivity (Wildman–Crippen MR) is 142 cm³/mol. The number of hydrogen-bond acceptors (Lipinski definition) is 7.